The third-order valence-electron chi connectivity index (χ3n) is 2.23. The summed E-state index contributed by atoms with van der Waals surface area (Å²) >= 11 is 5.80. The van der Waals surface area contributed by atoms with E-state index in [1.165, 1.54) is 13.2 Å². The first-order valence-electron chi connectivity index (χ1n) is 4.66. The van der Waals surface area contributed by atoms with Gasteiger partial charge in [-0.15, -0.1) is 0 Å². The fourth-order valence-corrected chi connectivity index (χ4v) is 1.83. The minimum atomic E-state index is -1.55. The van der Waals surface area contributed by atoms with Crippen molar-refractivity contribution in [2.75, 3.05) is 7.11 Å². The molecule has 2 nitrogen and oxygen atoms in total. The Bertz CT molecular complexity index is 589. The second-order valence-electron chi connectivity index (χ2n) is 3.41. The van der Waals surface area contributed by atoms with Gasteiger partial charge in [-0.05, 0) is 6.07 Å². The lowest BCUT2D eigenvalue weighted by Gasteiger charge is -2.06. The summed E-state index contributed by atoms with van der Waals surface area (Å²) in [6.07, 6.45) is 0. The number of nitrogens with zero attached hydrogens (tertiary/aromatic N) is 1. The number of hydrogen-bond donors (Lipinski definition) is 0. The Morgan fingerprint density at radius 3 is 2.59 bits per heavy atom. The van der Waals surface area contributed by atoms with Gasteiger partial charge in [0.25, 0.3) is 0 Å². The number of methoxy groups -OCH3 is 1. The van der Waals surface area contributed by atoms with Gasteiger partial charge >= 0.3 is 0 Å². The average Bonchev–Trinajstić information content (AvgIpc) is 2.25. The number of aromatic nitrogens is 1. The Kier molecular flexibility index (Phi) is 3.22. The van der Waals surface area contributed by atoms with E-state index in [1.807, 2.05) is 0 Å². The standard InChI is InChI=1S/C11H7ClF3NO/c1-17-4-5-2-6(12)9-8(16-5)3-7(13)10(14)11(9)15/h2-3H,4H2,1H3. The normalized spacial score (nSPS) is 11.1. The van der Waals surface area contributed by atoms with Gasteiger partial charge in [-0.2, -0.15) is 0 Å². The lowest BCUT2D eigenvalue weighted by atomic mass is 10.1. The van der Waals surface area contributed by atoms with E-state index in [1.54, 1.807) is 0 Å². The van der Waals surface area contributed by atoms with E-state index >= 15 is 0 Å². The van der Waals surface area contributed by atoms with Crippen LogP contribution < -0.4 is 0 Å². The van der Waals surface area contributed by atoms with Gasteiger partial charge in [0.2, 0.25) is 0 Å². The first-order valence-corrected chi connectivity index (χ1v) is 5.04. The highest BCUT2D eigenvalue weighted by Crippen LogP contribution is 2.28. The Hall–Kier alpha value is -1.33. The maximum absolute atomic E-state index is 13.5. The second kappa shape index (κ2) is 4.50. The first-order chi connectivity index (χ1) is 8.04. The lowest BCUT2D eigenvalue weighted by Crippen LogP contribution is -1.98. The molecule has 2 aromatic rings. The van der Waals surface area contributed by atoms with Crippen LogP contribution >= 0.6 is 11.6 Å². The van der Waals surface area contributed by atoms with Gasteiger partial charge in [0.1, 0.15) is 0 Å². The van der Waals surface area contributed by atoms with Crippen LogP contribution in [0.4, 0.5) is 13.2 Å². The predicted octanol–water partition coefficient (Wildman–Crippen LogP) is 3.45. The van der Waals surface area contributed by atoms with E-state index in [2.05, 4.69) is 4.98 Å². The van der Waals surface area contributed by atoms with Gasteiger partial charge in [0.05, 0.1) is 28.2 Å². The van der Waals surface area contributed by atoms with E-state index in [4.69, 9.17) is 16.3 Å². The molecule has 0 saturated carbocycles. The third-order valence-corrected chi connectivity index (χ3v) is 2.53. The topological polar surface area (TPSA) is 22.1 Å². The molecule has 0 radical (unpaired) electrons. The molecule has 0 saturated heterocycles. The highest BCUT2D eigenvalue weighted by Gasteiger charge is 2.17. The first kappa shape index (κ1) is 12.1. The maximum Gasteiger partial charge on any atom is 0.195 e. The Balaban J connectivity index is 2.77. The van der Waals surface area contributed by atoms with Crippen molar-refractivity contribution in [2.45, 2.75) is 6.61 Å². The van der Waals surface area contributed by atoms with E-state index in [0.717, 1.165) is 6.07 Å². The Morgan fingerprint density at radius 2 is 1.94 bits per heavy atom. The van der Waals surface area contributed by atoms with Crippen LogP contribution in [-0.4, -0.2) is 12.1 Å². The zero-order valence-corrected chi connectivity index (χ0v) is 9.49. The molecule has 0 N–H and O–H groups in total. The summed E-state index contributed by atoms with van der Waals surface area (Å²) in [5, 5.41) is -0.260. The minimum absolute atomic E-state index is 0.0292. The van der Waals surface area contributed by atoms with Crippen molar-refractivity contribution in [3.05, 3.63) is 40.3 Å². The fourth-order valence-electron chi connectivity index (χ4n) is 1.53. The molecule has 17 heavy (non-hydrogen) atoms. The van der Waals surface area contributed by atoms with Crippen molar-refractivity contribution in [1.29, 1.82) is 0 Å². The summed E-state index contributed by atoms with van der Waals surface area (Å²) in [5.74, 6) is -4.18. The highest BCUT2D eigenvalue weighted by molar-refractivity contribution is 6.35. The van der Waals surface area contributed by atoms with Gasteiger partial charge in [0, 0.05) is 13.2 Å². The number of halogens is 4. The molecular formula is C11H7ClF3NO. The Morgan fingerprint density at radius 1 is 1.24 bits per heavy atom. The maximum atomic E-state index is 13.5. The van der Waals surface area contributed by atoms with Crippen LogP contribution in [0.15, 0.2) is 12.1 Å². The van der Waals surface area contributed by atoms with Crippen molar-refractivity contribution >= 4 is 22.5 Å². The molecule has 0 aliphatic carbocycles. The van der Waals surface area contributed by atoms with Crippen LogP contribution in [0.5, 0.6) is 0 Å². The van der Waals surface area contributed by atoms with Crippen molar-refractivity contribution < 1.29 is 17.9 Å². The van der Waals surface area contributed by atoms with Crippen molar-refractivity contribution in [2.24, 2.45) is 0 Å². The SMILES string of the molecule is COCc1cc(Cl)c2c(F)c(F)c(F)cc2n1. The van der Waals surface area contributed by atoms with Crippen LogP contribution in [0.25, 0.3) is 10.9 Å². The molecule has 0 aliphatic heterocycles. The van der Waals surface area contributed by atoms with E-state index in [-0.39, 0.29) is 22.5 Å². The number of fused-ring (bicyclic) bond motifs is 1. The van der Waals surface area contributed by atoms with Crippen LogP contribution in [-0.2, 0) is 11.3 Å². The fraction of sp³-hybridized carbons (Fsp3) is 0.182. The van der Waals surface area contributed by atoms with Crippen molar-refractivity contribution in [3.63, 3.8) is 0 Å². The zero-order chi connectivity index (χ0) is 12.6. The molecule has 1 aromatic heterocycles. The molecule has 2 rings (SSSR count). The number of benzene rings is 1. The summed E-state index contributed by atoms with van der Waals surface area (Å²) in [6, 6.07) is 2.16. The average molecular weight is 262 g/mol. The van der Waals surface area contributed by atoms with E-state index in [9.17, 15) is 13.2 Å². The summed E-state index contributed by atoms with van der Waals surface area (Å²) in [6.45, 7) is 0.149. The quantitative estimate of drug-likeness (QED) is 0.773. The summed E-state index contributed by atoms with van der Waals surface area (Å²) in [4.78, 5) is 3.93. The molecule has 0 unspecified atom stereocenters. The molecule has 1 heterocycles. The smallest absolute Gasteiger partial charge is 0.195 e. The van der Waals surface area contributed by atoms with Crippen LogP contribution in [0.2, 0.25) is 5.02 Å². The lowest BCUT2D eigenvalue weighted by molar-refractivity contribution is 0.182. The second-order valence-corrected chi connectivity index (χ2v) is 3.82. The van der Waals surface area contributed by atoms with Gasteiger partial charge in [-0.25, -0.2) is 13.2 Å². The van der Waals surface area contributed by atoms with E-state index < -0.39 is 17.5 Å². The molecule has 90 valence electrons. The van der Waals surface area contributed by atoms with E-state index in [0.29, 0.717) is 5.69 Å². The predicted molar refractivity (Wildman–Crippen MR) is 57.3 cm³/mol. The van der Waals surface area contributed by atoms with Gasteiger partial charge in [-0.1, -0.05) is 11.6 Å². The highest BCUT2D eigenvalue weighted by atomic mass is 35.5. The van der Waals surface area contributed by atoms with Crippen molar-refractivity contribution in [3.8, 4) is 0 Å². The van der Waals surface area contributed by atoms with Gasteiger partial charge in [-0.3, -0.25) is 4.98 Å². The molecule has 0 fully saturated rings. The summed E-state index contributed by atoms with van der Waals surface area (Å²) in [5.41, 5.74) is 0.372. The Labute approximate surface area is 100.0 Å². The summed E-state index contributed by atoms with van der Waals surface area (Å²) < 4.78 is 44.4. The molecule has 1 aromatic carbocycles. The number of rotatable bonds is 2. The number of hydrogen-bond acceptors (Lipinski definition) is 2. The van der Waals surface area contributed by atoms with Crippen LogP contribution in [0.1, 0.15) is 5.69 Å². The minimum Gasteiger partial charge on any atom is -0.378 e. The van der Waals surface area contributed by atoms with Crippen LogP contribution in [0.3, 0.4) is 0 Å². The molecule has 0 aliphatic rings. The molecule has 0 amide bonds. The largest absolute Gasteiger partial charge is 0.378 e. The number of ether oxygens (including phenoxy) is 1. The van der Waals surface area contributed by atoms with Gasteiger partial charge in [0.15, 0.2) is 17.5 Å². The summed E-state index contributed by atoms with van der Waals surface area (Å²) in [7, 11) is 1.45. The third kappa shape index (κ3) is 2.08. The molecule has 6 heteroatoms. The van der Waals surface area contributed by atoms with Gasteiger partial charge < -0.3 is 4.74 Å². The van der Waals surface area contributed by atoms with Crippen molar-refractivity contribution in [1.82, 2.24) is 4.98 Å². The molecule has 0 bridgehead atoms. The molecule has 0 atom stereocenters. The molecular weight excluding hydrogens is 255 g/mol. The number of pyridine rings is 1. The van der Waals surface area contributed by atoms with Crippen LogP contribution in [0, 0.1) is 17.5 Å². The molecule has 0 spiro atoms. The zero-order valence-electron chi connectivity index (χ0n) is 8.73. The monoisotopic (exact) mass is 261 g/mol.